The lowest BCUT2D eigenvalue weighted by Gasteiger charge is -2.38. The minimum absolute atomic E-state index is 0.00249. The first kappa shape index (κ1) is 16.0. The molecule has 21 heavy (non-hydrogen) atoms. The van der Waals surface area contributed by atoms with Gasteiger partial charge in [0.25, 0.3) is 0 Å². The number of nitrogens with zero attached hydrogens (tertiary/aromatic N) is 1. The van der Waals surface area contributed by atoms with E-state index in [2.05, 4.69) is 25.7 Å². The van der Waals surface area contributed by atoms with Crippen molar-refractivity contribution >= 4 is 5.97 Å². The monoisotopic (exact) mass is 293 g/mol. The van der Waals surface area contributed by atoms with Crippen molar-refractivity contribution in [3.8, 4) is 0 Å². The van der Waals surface area contributed by atoms with Crippen LogP contribution in [0.15, 0.2) is 18.2 Å². The second-order valence-electron chi connectivity index (χ2n) is 7.03. The topological polar surface area (TPSA) is 40.5 Å². The number of rotatable bonds is 3. The molecule has 0 bridgehead atoms. The minimum atomic E-state index is -1.09. The molecule has 4 heteroatoms. The van der Waals surface area contributed by atoms with Gasteiger partial charge in [-0.1, -0.05) is 26.8 Å². The van der Waals surface area contributed by atoms with E-state index in [9.17, 15) is 9.18 Å². The lowest BCUT2D eigenvalue weighted by atomic mass is 9.75. The Kier molecular flexibility index (Phi) is 4.67. The van der Waals surface area contributed by atoms with Gasteiger partial charge in [0.2, 0.25) is 0 Å². The summed E-state index contributed by atoms with van der Waals surface area (Å²) in [6, 6.07) is 4.18. The summed E-state index contributed by atoms with van der Waals surface area (Å²) in [5.74, 6) is -0.799. The fourth-order valence-corrected chi connectivity index (χ4v) is 3.01. The molecule has 116 valence electrons. The first-order valence-corrected chi connectivity index (χ1v) is 7.51. The van der Waals surface area contributed by atoms with Gasteiger partial charge >= 0.3 is 5.97 Å². The van der Waals surface area contributed by atoms with Crippen molar-refractivity contribution in [3.05, 3.63) is 35.1 Å². The molecular formula is C17H24FNO2. The van der Waals surface area contributed by atoms with Gasteiger partial charge in [0.15, 0.2) is 0 Å². The SMILES string of the molecule is CC(C)(C)C1CCN(Cc2ccc(C(=O)O)cc2F)CC1. The standard InChI is InChI=1S/C17H24FNO2/c1-17(2,3)14-6-8-19(9-7-14)11-13-5-4-12(16(20)21)10-15(13)18/h4-5,10,14H,6-9,11H2,1-3H3,(H,20,21). The highest BCUT2D eigenvalue weighted by Gasteiger charge is 2.28. The fraction of sp³-hybridized carbons (Fsp3) is 0.588. The third-order valence-electron chi connectivity index (χ3n) is 4.51. The molecule has 1 saturated heterocycles. The normalized spacial score (nSPS) is 17.9. The van der Waals surface area contributed by atoms with Crippen LogP contribution in [0.4, 0.5) is 4.39 Å². The van der Waals surface area contributed by atoms with Crippen molar-refractivity contribution in [2.75, 3.05) is 13.1 Å². The molecule has 0 radical (unpaired) electrons. The zero-order valence-electron chi connectivity index (χ0n) is 13.0. The number of halogens is 1. The molecule has 1 aromatic carbocycles. The molecule has 1 fully saturated rings. The summed E-state index contributed by atoms with van der Waals surface area (Å²) < 4.78 is 13.9. The van der Waals surface area contributed by atoms with E-state index in [1.807, 2.05) is 0 Å². The molecule has 0 unspecified atom stereocenters. The molecule has 0 aromatic heterocycles. The summed E-state index contributed by atoms with van der Waals surface area (Å²) in [4.78, 5) is 13.1. The van der Waals surface area contributed by atoms with Crippen molar-refractivity contribution in [3.63, 3.8) is 0 Å². The van der Waals surface area contributed by atoms with E-state index in [0.29, 0.717) is 23.4 Å². The average Bonchev–Trinajstić information content (AvgIpc) is 2.40. The summed E-state index contributed by atoms with van der Waals surface area (Å²) >= 11 is 0. The van der Waals surface area contributed by atoms with Crippen molar-refractivity contribution < 1.29 is 14.3 Å². The lowest BCUT2D eigenvalue weighted by molar-refractivity contribution is 0.0696. The van der Waals surface area contributed by atoms with Crippen molar-refractivity contribution in [1.82, 2.24) is 4.90 Å². The number of aromatic carboxylic acids is 1. The van der Waals surface area contributed by atoms with Crippen molar-refractivity contribution in [2.24, 2.45) is 11.3 Å². The summed E-state index contributed by atoms with van der Waals surface area (Å²) in [6.07, 6.45) is 2.27. The molecule has 0 saturated carbocycles. The average molecular weight is 293 g/mol. The lowest BCUT2D eigenvalue weighted by Crippen LogP contribution is -2.37. The van der Waals surface area contributed by atoms with Gasteiger partial charge in [-0.3, -0.25) is 4.90 Å². The van der Waals surface area contributed by atoms with Crippen LogP contribution in [0.5, 0.6) is 0 Å². The van der Waals surface area contributed by atoms with E-state index < -0.39 is 11.8 Å². The summed E-state index contributed by atoms with van der Waals surface area (Å²) in [6.45, 7) is 9.33. The van der Waals surface area contributed by atoms with Gasteiger partial charge in [0, 0.05) is 12.1 Å². The minimum Gasteiger partial charge on any atom is -0.478 e. The number of benzene rings is 1. The zero-order chi connectivity index (χ0) is 15.6. The van der Waals surface area contributed by atoms with E-state index in [1.165, 1.54) is 6.07 Å². The first-order chi connectivity index (χ1) is 9.77. The van der Waals surface area contributed by atoms with Crippen LogP contribution in [0.3, 0.4) is 0 Å². The summed E-state index contributed by atoms with van der Waals surface area (Å²) in [5.41, 5.74) is 0.914. The van der Waals surface area contributed by atoms with E-state index in [4.69, 9.17) is 5.11 Å². The van der Waals surface area contributed by atoms with Crippen LogP contribution in [-0.2, 0) is 6.54 Å². The van der Waals surface area contributed by atoms with Crippen LogP contribution in [0, 0.1) is 17.2 Å². The molecule has 1 aliphatic rings. The number of carbonyl (C=O) groups is 1. The van der Waals surface area contributed by atoms with Gasteiger partial charge in [-0.15, -0.1) is 0 Å². The molecule has 1 heterocycles. The maximum atomic E-state index is 13.9. The number of carboxylic acid groups (broad SMARTS) is 1. The van der Waals surface area contributed by atoms with Gasteiger partial charge in [-0.05, 0) is 49.4 Å². The molecule has 0 amide bonds. The molecule has 1 N–H and O–H groups in total. The second-order valence-corrected chi connectivity index (χ2v) is 7.03. The van der Waals surface area contributed by atoms with Gasteiger partial charge < -0.3 is 5.11 Å². The van der Waals surface area contributed by atoms with Crippen LogP contribution < -0.4 is 0 Å². The Hall–Kier alpha value is -1.42. The zero-order valence-corrected chi connectivity index (χ0v) is 13.0. The molecule has 2 rings (SSSR count). The fourth-order valence-electron chi connectivity index (χ4n) is 3.01. The van der Waals surface area contributed by atoms with Crippen LogP contribution in [-0.4, -0.2) is 29.1 Å². The van der Waals surface area contributed by atoms with Crippen molar-refractivity contribution in [1.29, 1.82) is 0 Å². The molecule has 1 aromatic rings. The molecule has 3 nitrogen and oxygen atoms in total. The van der Waals surface area contributed by atoms with E-state index >= 15 is 0 Å². The number of piperidine rings is 1. The van der Waals surface area contributed by atoms with Crippen LogP contribution in [0.1, 0.15) is 49.5 Å². The number of likely N-dealkylation sites (tertiary alicyclic amines) is 1. The molecular weight excluding hydrogens is 269 g/mol. The molecule has 1 aliphatic heterocycles. The van der Waals surface area contributed by atoms with Gasteiger partial charge in [-0.25, -0.2) is 9.18 Å². The largest absolute Gasteiger partial charge is 0.478 e. The number of carboxylic acids is 1. The predicted octanol–water partition coefficient (Wildman–Crippen LogP) is 3.78. The van der Waals surface area contributed by atoms with Crippen LogP contribution >= 0.6 is 0 Å². The van der Waals surface area contributed by atoms with E-state index in [1.54, 1.807) is 6.07 Å². The van der Waals surface area contributed by atoms with Crippen LogP contribution in [0.2, 0.25) is 0 Å². The summed E-state index contributed by atoms with van der Waals surface area (Å²) in [5, 5.41) is 8.85. The maximum Gasteiger partial charge on any atom is 0.335 e. The van der Waals surface area contributed by atoms with Gasteiger partial charge in [-0.2, -0.15) is 0 Å². The Bertz CT molecular complexity index is 514. The van der Waals surface area contributed by atoms with Gasteiger partial charge in [0.1, 0.15) is 5.82 Å². The first-order valence-electron chi connectivity index (χ1n) is 7.51. The third kappa shape index (κ3) is 4.03. The smallest absolute Gasteiger partial charge is 0.335 e. The Morgan fingerprint density at radius 2 is 1.95 bits per heavy atom. The van der Waals surface area contributed by atoms with E-state index in [-0.39, 0.29) is 5.56 Å². The highest BCUT2D eigenvalue weighted by atomic mass is 19.1. The molecule has 0 aliphatic carbocycles. The maximum absolute atomic E-state index is 13.9. The Balaban J connectivity index is 1.96. The second kappa shape index (κ2) is 6.14. The molecule has 0 spiro atoms. The highest BCUT2D eigenvalue weighted by molar-refractivity contribution is 5.87. The number of hydrogen-bond acceptors (Lipinski definition) is 2. The summed E-state index contributed by atoms with van der Waals surface area (Å²) in [7, 11) is 0. The Morgan fingerprint density at radius 1 is 1.33 bits per heavy atom. The highest BCUT2D eigenvalue weighted by Crippen LogP contribution is 2.34. The van der Waals surface area contributed by atoms with Crippen LogP contribution in [0.25, 0.3) is 0 Å². The third-order valence-corrected chi connectivity index (χ3v) is 4.51. The van der Waals surface area contributed by atoms with Gasteiger partial charge in [0.05, 0.1) is 5.56 Å². The van der Waals surface area contributed by atoms with E-state index in [0.717, 1.165) is 32.0 Å². The number of hydrogen-bond donors (Lipinski definition) is 1. The quantitative estimate of drug-likeness (QED) is 0.922. The predicted molar refractivity (Wildman–Crippen MR) is 80.8 cm³/mol. The molecule has 0 atom stereocenters. The Labute approximate surface area is 125 Å². The van der Waals surface area contributed by atoms with Crippen molar-refractivity contribution in [2.45, 2.75) is 40.2 Å². The Morgan fingerprint density at radius 3 is 2.43 bits per heavy atom.